The predicted molar refractivity (Wildman–Crippen MR) is 72.3 cm³/mol. The van der Waals surface area contributed by atoms with Crippen LogP contribution < -0.4 is 0 Å². The molecule has 1 nitrogen and oxygen atoms in total. The Morgan fingerprint density at radius 1 is 1.00 bits per heavy atom. The minimum Gasteiger partial charge on any atom is -0.351 e. The molecule has 1 rings (SSSR count). The largest absolute Gasteiger partial charge is 0.351 e. The molecule has 0 saturated carbocycles. The van der Waals surface area contributed by atoms with Gasteiger partial charge in [0, 0.05) is 23.9 Å². The van der Waals surface area contributed by atoms with Gasteiger partial charge in [-0.3, -0.25) is 0 Å². The molecule has 0 amide bonds. The van der Waals surface area contributed by atoms with Crippen LogP contribution in [0.25, 0.3) is 0 Å². The van der Waals surface area contributed by atoms with Gasteiger partial charge < -0.3 is 4.57 Å². The van der Waals surface area contributed by atoms with E-state index in [-0.39, 0.29) is 5.41 Å². The normalized spacial score (nSPS) is 12.9. The zero-order valence-electron chi connectivity index (χ0n) is 12.2. The van der Waals surface area contributed by atoms with Gasteiger partial charge in [-0.1, -0.05) is 48.5 Å². The molecule has 16 heavy (non-hydrogen) atoms. The van der Waals surface area contributed by atoms with Gasteiger partial charge in [-0.05, 0) is 23.5 Å². The molecule has 0 spiro atoms. The van der Waals surface area contributed by atoms with Gasteiger partial charge in [0.15, 0.2) is 0 Å². The lowest BCUT2D eigenvalue weighted by molar-refractivity contribution is 0.523. The summed E-state index contributed by atoms with van der Waals surface area (Å²) >= 11 is 0. The van der Waals surface area contributed by atoms with Gasteiger partial charge in [-0.2, -0.15) is 0 Å². The van der Waals surface area contributed by atoms with Crippen LogP contribution in [0.1, 0.15) is 77.3 Å². The molecule has 0 aliphatic carbocycles. The lowest BCUT2D eigenvalue weighted by Gasteiger charge is -2.24. The second-order valence-electron chi connectivity index (χ2n) is 6.49. The number of hydrogen-bond acceptors (Lipinski definition) is 0. The summed E-state index contributed by atoms with van der Waals surface area (Å²) in [5, 5.41) is 0. The molecule has 0 N–H and O–H groups in total. The van der Waals surface area contributed by atoms with Crippen LogP contribution in [0.4, 0.5) is 0 Å². The van der Waals surface area contributed by atoms with Gasteiger partial charge in [-0.15, -0.1) is 0 Å². The van der Waals surface area contributed by atoms with Crippen LogP contribution in [0.5, 0.6) is 0 Å². The minimum absolute atomic E-state index is 0.224. The zero-order chi connectivity index (χ0) is 12.7. The highest BCUT2D eigenvalue weighted by Crippen LogP contribution is 2.34. The first-order chi connectivity index (χ1) is 7.16. The Morgan fingerprint density at radius 2 is 1.50 bits per heavy atom. The van der Waals surface area contributed by atoms with E-state index in [9.17, 15) is 0 Å². The van der Waals surface area contributed by atoms with E-state index in [0.717, 1.165) is 0 Å². The molecule has 1 aromatic heterocycles. The highest BCUT2D eigenvalue weighted by atomic mass is 15.0. The molecule has 0 aliphatic rings. The predicted octanol–water partition coefficient (Wildman–Crippen LogP) is 4.57. The van der Waals surface area contributed by atoms with Crippen LogP contribution in [0, 0.1) is 0 Å². The summed E-state index contributed by atoms with van der Waals surface area (Å²) in [6, 6.07) is 2.40. The molecule has 0 radical (unpaired) electrons. The fraction of sp³-hybridized carbons (Fsp3) is 0.733. The summed E-state index contributed by atoms with van der Waals surface area (Å²) in [4.78, 5) is 0. The monoisotopic (exact) mass is 221 g/mol. The first kappa shape index (κ1) is 13.3. The maximum absolute atomic E-state index is 2.40. The van der Waals surface area contributed by atoms with Crippen molar-refractivity contribution in [2.75, 3.05) is 0 Å². The van der Waals surface area contributed by atoms with E-state index < -0.39 is 0 Å². The molecule has 0 aliphatic heterocycles. The van der Waals surface area contributed by atoms with Crippen molar-refractivity contribution in [3.05, 3.63) is 23.0 Å². The Hall–Kier alpha value is -0.720. The standard InChI is InChI=1S/C15H27N/c1-10(2)12-9-13(11(3)4)16(8)14(12)15(5,6)7/h9-11H,1-8H3. The Morgan fingerprint density at radius 3 is 1.75 bits per heavy atom. The van der Waals surface area contributed by atoms with Gasteiger partial charge in [0.1, 0.15) is 0 Å². The van der Waals surface area contributed by atoms with E-state index in [0.29, 0.717) is 11.8 Å². The average molecular weight is 221 g/mol. The second kappa shape index (κ2) is 4.27. The van der Waals surface area contributed by atoms with Crippen molar-refractivity contribution >= 4 is 0 Å². The third-order valence-corrected chi connectivity index (χ3v) is 3.22. The number of nitrogens with zero attached hydrogens (tertiary/aromatic N) is 1. The summed E-state index contributed by atoms with van der Waals surface area (Å²) in [6.07, 6.45) is 0. The highest BCUT2D eigenvalue weighted by molar-refractivity contribution is 5.36. The molecule has 0 fully saturated rings. The van der Waals surface area contributed by atoms with Crippen molar-refractivity contribution in [3.63, 3.8) is 0 Å². The number of aromatic nitrogens is 1. The topological polar surface area (TPSA) is 4.93 Å². The number of hydrogen-bond donors (Lipinski definition) is 0. The molecular formula is C15H27N. The molecule has 92 valence electrons. The second-order valence-corrected chi connectivity index (χ2v) is 6.49. The highest BCUT2D eigenvalue weighted by Gasteiger charge is 2.25. The number of rotatable bonds is 2. The van der Waals surface area contributed by atoms with E-state index >= 15 is 0 Å². The van der Waals surface area contributed by atoms with Crippen molar-refractivity contribution in [3.8, 4) is 0 Å². The lowest BCUT2D eigenvalue weighted by Crippen LogP contribution is -2.19. The lowest BCUT2D eigenvalue weighted by atomic mass is 9.86. The van der Waals surface area contributed by atoms with Gasteiger partial charge in [-0.25, -0.2) is 0 Å². The molecular weight excluding hydrogens is 194 g/mol. The van der Waals surface area contributed by atoms with Crippen LogP contribution in [-0.2, 0) is 12.5 Å². The van der Waals surface area contributed by atoms with Crippen molar-refractivity contribution in [2.45, 2.75) is 65.7 Å². The van der Waals surface area contributed by atoms with E-state index in [4.69, 9.17) is 0 Å². The maximum Gasteiger partial charge on any atom is 0.0263 e. The molecule has 0 atom stereocenters. The molecule has 0 unspecified atom stereocenters. The third-order valence-electron chi connectivity index (χ3n) is 3.22. The summed E-state index contributed by atoms with van der Waals surface area (Å²) in [7, 11) is 2.21. The summed E-state index contributed by atoms with van der Waals surface area (Å²) in [5.41, 5.74) is 4.68. The SMILES string of the molecule is CC(C)c1cc(C(C)C)n(C)c1C(C)(C)C. The van der Waals surface area contributed by atoms with Gasteiger partial charge in [0.2, 0.25) is 0 Å². The Kier molecular flexibility index (Phi) is 3.56. The quantitative estimate of drug-likeness (QED) is 0.689. The fourth-order valence-electron chi connectivity index (χ4n) is 2.58. The van der Waals surface area contributed by atoms with Crippen LogP contribution in [-0.4, -0.2) is 4.57 Å². The van der Waals surface area contributed by atoms with Crippen molar-refractivity contribution in [2.24, 2.45) is 7.05 Å². The van der Waals surface area contributed by atoms with Crippen molar-refractivity contribution in [1.29, 1.82) is 0 Å². The molecule has 1 heteroatoms. The Balaban J connectivity index is 3.44. The minimum atomic E-state index is 0.224. The van der Waals surface area contributed by atoms with E-state index in [1.54, 1.807) is 0 Å². The van der Waals surface area contributed by atoms with E-state index in [2.05, 4.69) is 66.1 Å². The molecule has 0 saturated heterocycles. The van der Waals surface area contributed by atoms with Crippen molar-refractivity contribution in [1.82, 2.24) is 4.57 Å². The Labute approximate surface area is 101 Å². The molecule has 1 heterocycles. The van der Waals surface area contributed by atoms with Gasteiger partial charge in [0.25, 0.3) is 0 Å². The van der Waals surface area contributed by atoms with Gasteiger partial charge >= 0.3 is 0 Å². The van der Waals surface area contributed by atoms with Crippen LogP contribution in [0.2, 0.25) is 0 Å². The molecule has 0 bridgehead atoms. The van der Waals surface area contributed by atoms with Crippen LogP contribution >= 0.6 is 0 Å². The summed E-state index contributed by atoms with van der Waals surface area (Å²) in [6.45, 7) is 16.0. The van der Waals surface area contributed by atoms with Gasteiger partial charge in [0.05, 0.1) is 0 Å². The summed E-state index contributed by atoms with van der Waals surface area (Å²) < 4.78 is 2.40. The maximum atomic E-state index is 2.40. The zero-order valence-corrected chi connectivity index (χ0v) is 12.2. The smallest absolute Gasteiger partial charge is 0.0263 e. The first-order valence-corrected chi connectivity index (χ1v) is 6.36. The third kappa shape index (κ3) is 2.34. The summed E-state index contributed by atoms with van der Waals surface area (Å²) in [5.74, 6) is 1.20. The fourth-order valence-corrected chi connectivity index (χ4v) is 2.58. The Bertz CT molecular complexity index is 362. The van der Waals surface area contributed by atoms with E-state index in [1.165, 1.54) is 17.0 Å². The average Bonchev–Trinajstić information content (AvgIpc) is 2.41. The van der Waals surface area contributed by atoms with E-state index in [1.807, 2.05) is 0 Å². The molecule has 0 aromatic carbocycles. The van der Waals surface area contributed by atoms with Crippen LogP contribution in [0.3, 0.4) is 0 Å². The van der Waals surface area contributed by atoms with Crippen LogP contribution in [0.15, 0.2) is 6.07 Å². The molecule has 1 aromatic rings. The first-order valence-electron chi connectivity index (χ1n) is 6.36. The van der Waals surface area contributed by atoms with Crippen molar-refractivity contribution < 1.29 is 0 Å².